The lowest BCUT2D eigenvalue weighted by atomic mass is 10.0. The van der Waals surface area contributed by atoms with Gasteiger partial charge in [-0.15, -0.1) is 0 Å². The lowest BCUT2D eigenvalue weighted by Crippen LogP contribution is -1.97. The van der Waals surface area contributed by atoms with Gasteiger partial charge in [-0.3, -0.25) is 0 Å². The minimum Gasteiger partial charge on any atom is -0.0936 e. The number of fused-ring (bicyclic) bond motifs is 1. The Hall–Kier alpha value is -0.350. The molecule has 0 spiro atoms. The molecule has 0 saturated carbocycles. The molecule has 1 aromatic carbocycles. The predicted octanol–water partition coefficient (Wildman–Crippen LogP) is 2.67. The quantitative estimate of drug-likeness (QED) is 0.580. The average molecular weight is 178 g/mol. The Morgan fingerprint density at radius 1 is 1.42 bits per heavy atom. The van der Waals surface area contributed by atoms with Crippen LogP contribution in [0.25, 0.3) is 0 Å². The van der Waals surface area contributed by atoms with E-state index in [1.165, 1.54) is 18.1 Å². The molecule has 0 amide bonds. The van der Waals surface area contributed by atoms with Crippen molar-refractivity contribution in [2.75, 3.05) is 6.66 Å². The van der Waals surface area contributed by atoms with Gasteiger partial charge in [0, 0.05) is 0 Å². The molecule has 1 heteroatoms. The van der Waals surface area contributed by atoms with E-state index in [2.05, 4.69) is 31.8 Å². The van der Waals surface area contributed by atoms with Crippen LogP contribution in [0.5, 0.6) is 0 Å². The van der Waals surface area contributed by atoms with E-state index in [1.54, 1.807) is 11.1 Å². The number of hydrogen-bond donors (Lipinski definition) is 0. The van der Waals surface area contributed by atoms with Gasteiger partial charge < -0.3 is 0 Å². The molecule has 0 N–H and O–H groups in total. The van der Waals surface area contributed by atoms with E-state index in [-0.39, 0.29) is 0 Å². The highest BCUT2D eigenvalue weighted by Crippen LogP contribution is 2.32. The summed E-state index contributed by atoms with van der Waals surface area (Å²) in [4.78, 5) is 0. The Balaban J connectivity index is 2.43. The topological polar surface area (TPSA) is 0 Å². The number of rotatable bonds is 1. The maximum atomic E-state index is 2.41. The van der Waals surface area contributed by atoms with Gasteiger partial charge in [-0.25, -0.2) is 0 Å². The van der Waals surface area contributed by atoms with Crippen LogP contribution in [0.2, 0.25) is 0 Å². The van der Waals surface area contributed by atoms with Crippen molar-refractivity contribution in [3.63, 3.8) is 0 Å². The summed E-state index contributed by atoms with van der Waals surface area (Å²) in [6.45, 7) is 4.59. The highest BCUT2D eigenvalue weighted by atomic mass is 31.1. The van der Waals surface area contributed by atoms with Crippen LogP contribution >= 0.6 is 8.58 Å². The van der Waals surface area contributed by atoms with Gasteiger partial charge >= 0.3 is 0 Å². The Bertz CT molecular complexity index is 291. The van der Waals surface area contributed by atoms with Crippen molar-refractivity contribution in [2.24, 2.45) is 0 Å². The van der Waals surface area contributed by atoms with E-state index in [9.17, 15) is 0 Å². The first kappa shape index (κ1) is 8.26. The number of aryl methyl sites for hydroxylation is 1. The fourth-order valence-electron chi connectivity index (χ4n) is 1.96. The summed E-state index contributed by atoms with van der Waals surface area (Å²) in [6, 6.07) is 7.02. The molecule has 0 bridgehead atoms. The molecular formula is C11H15P. The van der Waals surface area contributed by atoms with E-state index in [4.69, 9.17) is 0 Å². The van der Waals surface area contributed by atoms with Crippen LogP contribution in [0.3, 0.4) is 0 Å². The highest BCUT2D eigenvalue weighted by Gasteiger charge is 2.17. The Kier molecular flexibility index (Phi) is 2.19. The van der Waals surface area contributed by atoms with Gasteiger partial charge in [-0.1, -0.05) is 33.7 Å². The van der Waals surface area contributed by atoms with Crippen molar-refractivity contribution in [1.29, 1.82) is 0 Å². The summed E-state index contributed by atoms with van der Waals surface area (Å²) in [7, 11) is 0.943. The molecule has 0 nitrogen and oxygen atoms in total. The molecular weight excluding hydrogens is 163 g/mol. The number of benzene rings is 1. The van der Waals surface area contributed by atoms with E-state index in [1.807, 2.05) is 0 Å². The van der Waals surface area contributed by atoms with Crippen LogP contribution in [-0.4, -0.2) is 6.66 Å². The third-order valence-corrected chi connectivity index (χ3v) is 3.70. The predicted molar refractivity (Wildman–Crippen MR) is 57.1 cm³/mol. The summed E-state index contributed by atoms with van der Waals surface area (Å²) in [5.74, 6) is 0.802. The van der Waals surface area contributed by atoms with Crippen LogP contribution in [0.1, 0.15) is 30.4 Å². The first-order valence-electron chi connectivity index (χ1n) is 4.62. The lowest BCUT2D eigenvalue weighted by molar-refractivity contribution is 0.747. The smallest absolute Gasteiger partial charge is 0.0184 e. The van der Waals surface area contributed by atoms with Crippen molar-refractivity contribution in [3.8, 4) is 0 Å². The second-order valence-electron chi connectivity index (χ2n) is 3.60. The Morgan fingerprint density at radius 3 is 3.00 bits per heavy atom. The molecule has 1 aliphatic rings. The molecule has 2 rings (SSSR count). The molecule has 2 unspecified atom stereocenters. The van der Waals surface area contributed by atoms with Crippen molar-refractivity contribution < 1.29 is 0 Å². The van der Waals surface area contributed by atoms with E-state index in [0.717, 1.165) is 14.5 Å². The molecule has 64 valence electrons. The lowest BCUT2D eigenvalue weighted by Gasteiger charge is -2.05. The van der Waals surface area contributed by atoms with Gasteiger partial charge in [0.05, 0.1) is 0 Å². The summed E-state index contributed by atoms with van der Waals surface area (Å²) in [5.41, 5.74) is 3.20. The zero-order valence-electron chi connectivity index (χ0n) is 7.72. The SMILES string of the molecule is CPc1ccc2c(c1)C(C)CC2. The van der Waals surface area contributed by atoms with Crippen LogP contribution in [0.15, 0.2) is 18.2 Å². The highest BCUT2D eigenvalue weighted by molar-refractivity contribution is 7.46. The summed E-state index contributed by atoms with van der Waals surface area (Å²) < 4.78 is 0. The fraction of sp³-hybridized carbons (Fsp3) is 0.455. The minimum absolute atomic E-state index is 0.802. The van der Waals surface area contributed by atoms with Gasteiger partial charge in [0.1, 0.15) is 0 Å². The Labute approximate surface area is 76.2 Å². The molecule has 0 fully saturated rings. The average Bonchev–Trinajstić information content (AvgIpc) is 2.47. The third-order valence-electron chi connectivity index (χ3n) is 2.81. The van der Waals surface area contributed by atoms with Gasteiger partial charge in [-0.2, -0.15) is 0 Å². The van der Waals surface area contributed by atoms with Gasteiger partial charge in [-0.05, 0) is 41.9 Å². The van der Waals surface area contributed by atoms with Crippen LogP contribution < -0.4 is 5.30 Å². The standard InChI is InChI=1S/C11H15P/c1-8-3-4-9-5-6-10(12-2)7-11(8)9/h5-8,12H,3-4H2,1-2H3. The number of hydrogen-bond acceptors (Lipinski definition) is 0. The van der Waals surface area contributed by atoms with Gasteiger partial charge in [0.15, 0.2) is 0 Å². The van der Waals surface area contributed by atoms with E-state index < -0.39 is 0 Å². The molecule has 0 aromatic heterocycles. The first-order chi connectivity index (χ1) is 5.81. The largest absolute Gasteiger partial charge is 0.0936 e. The maximum absolute atomic E-state index is 2.41. The summed E-state index contributed by atoms with van der Waals surface area (Å²) in [5, 5.41) is 1.52. The van der Waals surface area contributed by atoms with E-state index in [0.29, 0.717) is 0 Å². The second-order valence-corrected chi connectivity index (χ2v) is 4.68. The molecule has 1 aliphatic carbocycles. The normalized spacial score (nSPS) is 22.0. The zero-order valence-corrected chi connectivity index (χ0v) is 8.72. The van der Waals surface area contributed by atoms with Crippen LogP contribution in [0.4, 0.5) is 0 Å². The Morgan fingerprint density at radius 2 is 2.25 bits per heavy atom. The summed E-state index contributed by atoms with van der Waals surface area (Å²) >= 11 is 0. The second kappa shape index (κ2) is 3.18. The molecule has 12 heavy (non-hydrogen) atoms. The van der Waals surface area contributed by atoms with Crippen molar-refractivity contribution in [2.45, 2.75) is 25.7 Å². The molecule has 1 aromatic rings. The molecule has 2 atom stereocenters. The maximum Gasteiger partial charge on any atom is -0.0184 e. The fourth-order valence-corrected chi connectivity index (χ4v) is 2.51. The summed E-state index contributed by atoms with van der Waals surface area (Å²) in [6.07, 6.45) is 2.65. The van der Waals surface area contributed by atoms with Crippen molar-refractivity contribution in [3.05, 3.63) is 29.3 Å². The van der Waals surface area contributed by atoms with Crippen molar-refractivity contribution >= 4 is 13.9 Å². The minimum atomic E-state index is 0.802. The first-order valence-corrected chi connectivity index (χ1v) is 6.12. The molecule has 0 heterocycles. The zero-order chi connectivity index (χ0) is 8.55. The molecule has 0 saturated heterocycles. The molecule has 0 aliphatic heterocycles. The van der Waals surface area contributed by atoms with Crippen LogP contribution in [-0.2, 0) is 6.42 Å². The van der Waals surface area contributed by atoms with E-state index >= 15 is 0 Å². The van der Waals surface area contributed by atoms with Gasteiger partial charge in [0.25, 0.3) is 0 Å². The molecule has 0 radical (unpaired) electrons. The van der Waals surface area contributed by atoms with Gasteiger partial charge in [0.2, 0.25) is 0 Å². The monoisotopic (exact) mass is 178 g/mol. The third kappa shape index (κ3) is 1.29. The van der Waals surface area contributed by atoms with Crippen molar-refractivity contribution in [1.82, 2.24) is 0 Å². The van der Waals surface area contributed by atoms with Crippen LogP contribution in [0, 0.1) is 0 Å².